The van der Waals surface area contributed by atoms with Crippen molar-refractivity contribution in [1.29, 1.82) is 0 Å². The Hall–Kier alpha value is -2.15. The maximum absolute atomic E-state index is 11.3. The third-order valence-corrected chi connectivity index (χ3v) is 4.19. The molecule has 1 aromatic rings. The molecule has 2 atom stereocenters. The quantitative estimate of drug-likeness (QED) is 0.612. The summed E-state index contributed by atoms with van der Waals surface area (Å²) in [4.78, 5) is 24.0. The largest absolute Gasteiger partial charge is 0.366 e. The Balaban J connectivity index is 1.96. The molecule has 0 saturated carbocycles. The van der Waals surface area contributed by atoms with E-state index in [1.807, 2.05) is 4.90 Å². The first kappa shape index (κ1) is 12.9. The highest BCUT2D eigenvalue weighted by Gasteiger charge is 2.38. The molecule has 2 unspecified atom stereocenters. The number of carbonyl (C=O) groups excluding carboxylic acids is 1. The summed E-state index contributed by atoms with van der Waals surface area (Å²) in [7, 11) is 0. The van der Waals surface area contributed by atoms with Gasteiger partial charge in [0, 0.05) is 37.8 Å². The highest BCUT2D eigenvalue weighted by molar-refractivity contribution is 5.94. The van der Waals surface area contributed by atoms with E-state index in [1.165, 1.54) is 18.2 Å². The van der Waals surface area contributed by atoms with Crippen molar-refractivity contribution in [3.63, 3.8) is 0 Å². The number of hydrogen-bond donors (Lipinski definition) is 2. The predicted molar refractivity (Wildman–Crippen MR) is 73.7 cm³/mol. The maximum atomic E-state index is 11.3. The average molecular weight is 276 g/mol. The van der Waals surface area contributed by atoms with E-state index >= 15 is 0 Å². The molecule has 7 heteroatoms. The first-order valence-corrected chi connectivity index (χ1v) is 6.60. The fraction of sp³-hybridized carbons (Fsp3) is 0.462. The van der Waals surface area contributed by atoms with Crippen molar-refractivity contribution in [3.8, 4) is 0 Å². The summed E-state index contributed by atoms with van der Waals surface area (Å²) in [6, 6.07) is 4.30. The number of fused-ring (bicyclic) bond motifs is 1. The molecule has 3 N–H and O–H groups in total. The molecule has 2 heterocycles. The summed E-state index contributed by atoms with van der Waals surface area (Å²) >= 11 is 0. The minimum Gasteiger partial charge on any atom is -0.366 e. The van der Waals surface area contributed by atoms with Crippen molar-refractivity contribution in [3.05, 3.63) is 33.9 Å². The normalized spacial score (nSPS) is 24.7. The van der Waals surface area contributed by atoms with Crippen molar-refractivity contribution >= 4 is 17.3 Å². The van der Waals surface area contributed by atoms with E-state index in [-0.39, 0.29) is 5.69 Å². The van der Waals surface area contributed by atoms with Crippen LogP contribution in [0.5, 0.6) is 0 Å². The fourth-order valence-electron chi connectivity index (χ4n) is 3.14. The number of nitro benzene ring substituents is 1. The Morgan fingerprint density at radius 2 is 2.00 bits per heavy atom. The molecule has 2 aliphatic rings. The van der Waals surface area contributed by atoms with E-state index < -0.39 is 10.8 Å². The second-order valence-electron chi connectivity index (χ2n) is 5.41. The second kappa shape index (κ2) is 4.75. The summed E-state index contributed by atoms with van der Waals surface area (Å²) in [5.41, 5.74) is 6.10. The van der Waals surface area contributed by atoms with Crippen molar-refractivity contribution in [2.75, 3.05) is 31.1 Å². The minimum atomic E-state index is -0.567. The molecule has 3 rings (SSSR count). The van der Waals surface area contributed by atoms with Crippen molar-refractivity contribution in [2.24, 2.45) is 17.6 Å². The summed E-state index contributed by atoms with van der Waals surface area (Å²) in [6.45, 7) is 3.45. The fourth-order valence-corrected chi connectivity index (χ4v) is 3.14. The van der Waals surface area contributed by atoms with E-state index in [2.05, 4.69) is 5.32 Å². The molecular formula is C13H16N4O3. The van der Waals surface area contributed by atoms with Gasteiger partial charge >= 0.3 is 0 Å². The Bertz CT molecular complexity index is 563. The lowest BCUT2D eigenvalue weighted by Gasteiger charge is -2.20. The summed E-state index contributed by atoms with van der Waals surface area (Å²) < 4.78 is 0. The number of nitrogens with two attached hydrogens (primary N) is 1. The van der Waals surface area contributed by atoms with Gasteiger partial charge in [0.15, 0.2) is 0 Å². The number of carbonyl (C=O) groups is 1. The topological polar surface area (TPSA) is 102 Å². The van der Waals surface area contributed by atoms with Gasteiger partial charge in [0.05, 0.1) is 4.92 Å². The zero-order valence-corrected chi connectivity index (χ0v) is 10.9. The number of anilines is 1. The molecular weight excluding hydrogens is 260 g/mol. The first-order valence-electron chi connectivity index (χ1n) is 6.60. The van der Waals surface area contributed by atoms with E-state index in [0.29, 0.717) is 23.1 Å². The molecule has 2 saturated heterocycles. The number of nitrogens with zero attached hydrogens (tertiary/aromatic N) is 2. The molecule has 7 nitrogen and oxygen atoms in total. The van der Waals surface area contributed by atoms with Gasteiger partial charge in [-0.25, -0.2) is 0 Å². The molecule has 0 aromatic heterocycles. The van der Waals surface area contributed by atoms with E-state index in [1.54, 1.807) is 0 Å². The molecule has 0 radical (unpaired) electrons. The highest BCUT2D eigenvalue weighted by Crippen LogP contribution is 2.36. The summed E-state index contributed by atoms with van der Waals surface area (Å²) in [5, 5.41) is 14.5. The van der Waals surface area contributed by atoms with E-state index in [9.17, 15) is 14.9 Å². The van der Waals surface area contributed by atoms with Gasteiger partial charge in [-0.3, -0.25) is 14.9 Å². The predicted octanol–water partition coefficient (Wildman–Crippen LogP) is 0.349. The lowest BCUT2D eigenvalue weighted by atomic mass is 10.0. The van der Waals surface area contributed by atoms with Crippen LogP contribution < -0.4 is 16.0 Å². The zero-order valence-electron chi connectivity index (χ0n) is 10.9. The highest BCUT2D eigenvalue weighted by atomic mass is 16.6. The van der Waals surface area contributed by atoms with Gasteiger partial charge in [-0.1, -0.05) is 0 Å². The van der Waals surface area contributed by atoms with Crippen LogP contribution in [0, 0.1) is 22.0 Å². The molecule has 20 heavy (non-hydrogen) atoms. The van der Waals surface area contributed by atoms with Crippen LogP contribution in [-0.2, 0) is 0 Å². The Morgan fingerprint density at radius 1 is 1.35 bits per heavy atom. The molecule has 2 fully saturated rings. The molecule has 0 bridgehead atoms. The Kier molecular flexibility index (Phi) is 3.06. The van der Waals surface area contributed by atoms with Crippen LogP contribution in [0.2, 0.25) is 0 Å². The lowest BCUT2D eigenvalue weighted by molar-refractivity contribution is -0.384. The van der Waals surface area contributed by atoms with Crippen LogP contribution >= 0.6 is 0 Å². The van der Waals surface area contributed by atoms with Crippen LogP contribution in [0.3, 0.4) is 0 Å². The van der Waals surface area contributed by atoms with Gasteiger partial charge in [0.2, 0.25) is 5.91 Å². The van der Waals surface area contributed by atoms with Crippen LogP contribution in [0.25, 0.3) is 0 Å². The van der Waals surface area contributed by atoms with Crippen LogP contribution in [0.1, 0.15) is 10.4 Å². The molecule has 0 aliphatic carbocycles. The molecule has 1 amide bonds. The van der Waals surface area contributed by atoms with Crippen molar-refractivity contribution < 1.29 is 9.72 Å². The smallest absolute Gasteiger partial charge is 0.292 e. The third kappa shape index (κ3) is 2.09. The number of nitro groups is 1. The SMILES string of the molecule is NC(=O)c1ccc([N+](=O)[O-])c(N2CC3CNCC3C2)c1. The van der Waals surface area contributed by atoms with Crippen LogP contribution in [-0.4, -0.2) is 37.0 Å². The monoisotopic (exact) mass is 276 g/mol. The van der Waals surface area contributed by atoms with Crippen LogP contribution in [0.4, 0.5) is 11.4 Å². The molecule has 0 spiro atoms. The van der Waals surface area contributed by atoms with Gasteiger partial charge < -0.3 is 16.0 Å². The second-order valence-corrected chi connectivity index (χ2v) is 5.41. The summed E-state index contributed by atoms with van der Waals surface area (Å²) in [6.07, 6.45) is 0. The third-order valence-electron chi connectivity index (χ3n) is 4.19. The van der Waals surface area contributed by atoms with Gasteiger partial charge in [0.25, 0.3) is 5.69 Å². The zero-order chi connectivity index (χ0) is 14.3. The van der Waals surface area contributed by atoms with Gasteiger partial charge in [-0.15, -0.1) is 0 Å². The Labute approximate surface area is 115 Å². The maximum Gasteiger partial charge on any atom is 0.292 e. The number of primary amides is 1. The van der Waals surface area contributed by atoms with E-state index in [0.717, 1.165) is 26.2 Å². The lowest BCUT2D eigenvalue weighted by Crippen LogP contribution is -2.26. The van der Waals surface area contributed by atoms with Crippen molar-refractivity contribution in [1.82, 2.24) is 5.32 Å². The number of benzene rings is 1. The standard InChI is InChI=1S/C13H16N4O3/c14-13(18)8-1-2-11(17(19)20)12(3-8)16-6-9-4-15-5-10(9)7-16/h1-3,9-10,15H,4-7H2,(H2,14,18). The van der Waals surface area contributed by atoms with Crippen molar-refractivity contribution in [2.45, 2.75) is 0 Å². The Morgan fingerprint density at radius 3 is 2.55 bits per heavy atom. The number of hydrogen-bond acceptors (Lipinski definition) is 5. The first-order chi connectivity index (χ1) is 9.56. The van der Waals surface area contributed by atoms with Gasteiger partial charge in [-0.05, 0) is 24.0 Å². The van der Waals surface area contributed by atoms with E-state index in [4.69, 9.17) is 5.73 Å². The molecule has 106 valence electrons. The molecule has 2 aliphatic heterocycles. The van der Waals surface area contributed by atoms with Gasteiger partial charge in [0.1, 0.15) is 5.69 Å². The van der Waals surface area contributed by atoms with Crippen LogP contribution in [0.15, 0.2) is 18.2 Å². The minimum absolute atomic E-state index is 0.0305. The average Bonchev–Trinajstić information content (AvgIpc) is 2.98. The summed E-state index contributed by atoms with van der Waals surface area (Å²) in [5.74, 6) is 0.473. The number of amides is 1. The van der Waals surface area contributed by atoms with Gasteiger partial charge in [-0.2, -0.15) is 0 Å². The number of rotatable bonds is 3. The molecule has 1 aromatic carbocycles. The number of nitrogens with one attached hydrogen (secondary N) is 1.